The summed E-state index contributed by atoms with van der Waals surface area (Å²) in [4.78, 5) is 17.1. The van der Waals surface area contributed by atoms with Gasteiger partial charge in [0, 0.05) is 11.1 Å². The first kappa shape index (κ1) is 20.6. The quantitative estimate of drug-likeness (QED) is 0.509. The van der Waals surface area contributed by atoms with E-state index in [1.807, 2.05) is 6.92 Å². The van der Waals surface area contributed by atoms with Crippen molar-refractivity contribution in [2.24, 2.45) is 5.92 Å². The van der Waals surface area contributed by atoms with E-state index in [9.17, 15) is 22.4 Å². The second-order valence-corrected chi connectivity index (χ2v) is 8.38. The number of nitrogens with one attached hydrogen (secondary N) is 1. The van der Waals surface area contributed by atoms with Crippen molar-refractivity contribution in [3.05, 3.63) is 51.8 Å². The van der Waals surface area contributed by atoms with Gasteiger partial charge in [-0.1, -0.05) is 25.5 Å². The van der Waals surface area contributed by atoms with E-state index in [1.54, 1.807) is 0 Å². The first-order valence-electron chi connectivity index (χ1n) is 9.57. The number of para-hydroxylation sites is 1. The molecule has 4 nitrogen and oxygen atoms in total. The van der Waals surface area contributed by atoms with E-state index in [1.165, 1.54) is 24.3 Å². The fraction of sp³-hybridized carbons (Fsp3) is 0.333. The lowest BCUT2D eigenvalue weighted by Gasteiger charge is -2.26. The Kier molecular flexibility index (Phi) is 5.17. The van der Waals surface area contributed by atoms with Gasteiger partial charge in [0.15, 0.2) is 0 Å². The Morgan fingerprint density at radius 2 is 2.07 bits per heavy atom. The number of fused-ring (bicyclic) bond motifs is 2. The molecule has 0 radical (unpaired) electrons. The number of benzene rings is 1. The number of pyridine rings is 1. The Hall–Kier alpha value is -2.68. The Morgan fingerprint density at radius 3 is 2.73 bits per heavy atom. The molecule has 0 saturated heterocycles. The van der Waals surface area contributed by atoms with Crippen LogP contribution in [-0.2, 0) is 19.0 Å². The number of anilines is 2. The standard InChI is InChI=1S/C21H19F4N3OS/c1-2-10-7-8-13-11(9-10)16(21(23,24)25)15-17(26)18(30-20(15)28-13)19(29)27-14-6-4-3-5-12(14)22/h3-6,10H,2,7-9,26H2,1H3,(H,27,29)/t10-/m1/s1. The van der Waals surface area contributed by atoms with Gasteiger partial charge in [0.05, 0.1) is 16.9 Å². The van der Waals surface area contributed by atoms with Crippen LogP contribution in [0.5, 0.6) is 0 Å². The van der Waals surface area contributed by atoms with Crippen LogP contribution in [0.15, 0.2) is 24.3 Å². The van der Waals surface area contributed by atoms with Gasteiger partial charge in [0.2, 0.25) is 0 Å². The minimum Gasteiger partial charge on any atom is -0.397 e. The molecule has 0 fully saturated rings. The van der Waals surface area contributed by atoms with Gasteiger partial charge in [-0.25, -0.2) is 9.37 Å². The fourth-order valence-electron chi connectivity index (χ4n) is 3.97. The number of alkyl halides is 3. The molecule has 0 aliphatic heterocycles. The first-order chi connectivity index (χ1) is 14.2. The normalized spacial score (nSPS) is 16.5. The maximum absolute atomic E-state index is 14.1. The number of carbonyl (C=O) groups excluding carboxylic acids is 1. The summed E-state index contributed by atoms with van der Waals surface area (Å²) in [6, 6.07) is 5.53. The minimum atomic E-state index is -4.63. The van der Waals surface area contributed by atoms with E-state index in [-0.39, 0.29) is 44.4 Å². The summed E-state index contributed by atoms with van der Waals surface area (Å²) in [7, 11) is 0. The maximum Gasteiger partial charge on any atom is 0.417 e. The Morgan fingerprint density at radius 1 is 1.33 bits per heavy atom. The second kappa shape index (κ2) is 7.54. The molecule has 30 heavy (non-hydrogen) atoms. The van der Waals surface area contributed by atoms with Crippen molar-refractivity contribution in [3.63, 3.8) is 0 Å². The highest BCUT2D eigenvalue weighted by atomic mass is 32.1. The van der Waals surface area contributed by atoms with Crippen molar-refractivity contribution in [2.45, 2.75) is 38.8 Å². The van der Waals surface area contributed by atoms with Crippen LogP contribution >= 0.6 is 11.3 Å². The van der Waals surface area contributed by atoms with Crippen LogP contribution in [0.2, 0.25) is 0 Å². The van der Waals surface area contributed by atoms with Crippen LogP contribution in [0, 0.1) is 11.7 Å². The summed E-state index contributed by atoms with van der Waals surface area (Å²) in [6.45, 7) is 1.96. The number of nitrogens with zero attached hydrogens (tertiary/aromatic N) is 1. The third-order valence-corrected chi connectivity index (χ3v) is 6.63. The Bertz CT molecular complexity index is 1140. The fourth-order valence-corrected chi connectivity index (χ4v) is 4.99. The van der Waals surface area contributed by atoms with Crippen molar-refractivity contribution in [1.29, 1.82) is 0 Å². The summed E-state index contributed by atoms with van der Waals surface area (Å²) in [5.74, 6) is -1.26. The molecule has 0 unspecified atom stereocenters. The largest absolute Gasteiger partial charge is 0.417 e. The molecule has 0 saturated carbocycles. The molecule has 9 heteroatoms. The lowest BCUT2D eigenvalue weighted by atomic mass is 9.82. The number of hydrogen-bond donors (Lipinski definition) is 2. The number of hydrogen-bond acceptors (Lipinski definition) is 4. The van der Waals surface area contributed by atoms with Gasteiger partial charge in [-0.15, -0.1) is 11.3 Å². The van der Waals surface area contributed by atoms with E-state index in [0.29, 0.717) is 12.1 Å². The Labute approximate surface area is 174 Å². The number of nitrogen functional groups attached to an aromatic ring is 1. The van der Waals surface area contributed by atoms with Gasteiger partial charge in [-0.3, -0.25) is 4.79 Å². The van der Waals surface area contributed by atoms with Crippen molar-refractivity contribution in [3.8, 4) is 0 Å². The van der Waals surface area contributed by atoms with Crippen LogP contribution in [0.1, 0.15) is 46.3 Å². The molecule has 2 aromatic heterocycles. The minimum absolute atomic E-state index is 0.0755. The summed E-state index contributed by atoms with van der Waals surface area (Å²) >= 11 is 0.796. The highest BCUT2D eigenvalue weighted by Gasteiger charge is 2.40. The first-order valence-corrected chi connectivity index (χ1v) is 10.4. The third-order valence-electron chi connectivity index (χ3n) is 5.53. The zero-order valence-electron chi connectivity index (χ0n) is 16.1. The number of aryl methyl sites for hydroxylation is 1. The average Bonchev–Trinajstić information content (AvgIpc) is 3.02. The van der Waals surface area contributed by atoms with Gasteiger partial charge >= 0.3 is 6.18 Å². The number of carbonyl (C=O) groups is 1. The second-order valence-electron chi connectivity index (χ2n) is 7.39. The van der Waals surface area contributed by atoms with E-state index in [4.69, 9.17) is 5.73 Å². The number of thiophene rings is 1. The van der Waals surface area contributed by atoms with Gasteiger partial charge in [0.25, 0.3) is 5.91 Å². The molecule has 0 spiro atoms. The lowest BCUT2D eigenvalue weighted by Crippen LogP contribution is -2.21. The number of rotatable bonds is 3. The van der Waals surface area contributed by atoms with Crippen molar-refractivity contribution in [1.82, 2.24) is 4.98 Å². The molecular weight excluding hydrogens is 418 g/mol. The number of aromatic nitrogens is 1. The van der Waals surface area contributed by atoms with Gasteiger partial charge < -0.3 is 11.1 Å². The molecule has 2 heterocycles. The molecule has 3 aromatic rings. The monoisotopic (exact) mass is 437 g/mol. The SMILES string of the molecule is CC[C@@H]1CCc2nc3sc(C(=O)Nc4ccccc4F)c(N)c3c(C(F)(F)F)c2C1. The van der Waals surface area contributed by atoms with E-state index in [2.05, 4.69) is 10.3 Å². The van der Waals surface area contributed by atoms with Crippen LogP contribution < -0.4 is 11.1 Å². The lowest BCUT2D eigenvalue weighted by molar-refractivity contribution is -0.137. The molecule has 3 N–H and O–H groups in total. The molecular formula is C21H19F4N3OS. The topological polar surface area (TPSA) is 68.0 Å². The maximum atomic E-state index is 14.1. The van der Waals surface area contributed by atoms with Crippen LogP contribution in [0.4, 0.5) is 28.9 Å². The van der Waals surface area contributed by atoms with E-state index < -0.39 is 23.5 Å². The van der Waals surface area contributed by atoms with Gasteiger partial charge in [0.1, 0.15) is 15.5 Å². The average molecular weight is 437 g/mol. The van der Waals surface area contributed by atoms with E-state index in [0.717, 1.165) is 24.2 Å². The molecule has 158 valence electrons. The zero-order valence-corrected chi connectivity index (χ0v) is 16.9. The smallest absolute Gasteiger partial charge is 0.397 e. The molecule has 1 atom stereocenters. The van der Waals surface area contributed by atoms with Crippen LogP contribution in [0.25, 0.3) is 10.2 Å². The van der Waals surface area contributed by atoms with Gasteiger partial charge in [-0.05, 0) is 42.9 Å². The van der Waals surface area contributed by atoms with E-state index >= 15 is 0 Å². The molecule has 1 aliphatic carbocycles. The highest BCUT2D eigenvalue weighted by Crippen LogP contribution is 2.46. The van der Waals surface area contributed by atoms with Crippen molar-refractivity contribution >= 4 is 38.8 Å². The van der Waals surface area contributed by atoms with Crippen molar-refractivity contribution in [2.75, 3.05) is 11.1 Å². The predicted molar refractivity (Wildman–Crippen MR) is 109 cm³/mol. The van der Waals surface area contributed by atoms with Crippen molar-refractivity contribution < 1.29 is 22.4 Å². The number of amides is 1. The molecule has 1 aromatic carbocycles. The molecule has 1 aliphatic rings. The predicted octanol–water partition coefficient (Wildman–Crippen LogP) is 5.80. The highest BCUT2D eigenvalue weighted by molar-refractivity contribution is 7.21. The summed E-state index contributed by atoms with van der Waals surface area (Å²) in [6.07, 6.45) is -2.32. The summed E-state index contributed by atoms with van der Waals surface area (Å²) in [5, 5.41) is 2.15. The van der Waals surface area contributed by atoms with Gasteiger partial charge in [-0.2, -0.15) is 13.2 Å². The van der Waals surface area contributed by atoms with Crippen LogP contribution in [-0.4, -0.2) is 10.9 Å². The summed E-state index contributed by atoms with van der Waals surface area (Å²) in [5.41, 5.74) is 5.50. The number of nitrogens with two attached hydrogens (primary N) is 1. The molecule has 0 bridgehead atoms. The summed E-state index contributed by atoms with van der Waals surface area (Å²) < 4.78 is 56.2. The Balaban J connectivity index is 1.86. The number of halogens is 4. The molecule has 4 rings (SSSR count). The zero-order chi connectivity index (χ0) is 21.6. The third kappa shape index (κ3) is 3.51. The molecule has 1 amide bonds. The van der Waals surface area contributed by atoms with Crippen LogP contribution in [0.3, 0.4) is 0 Å².